The smallest absolute Gasteiger partial charge is 0.417 e. The monoisotopic (exact) mass is 473 g/mol. The Bertz CT molecular complexity index is 1040. The topological polar surface area (TPSA) is 54.5 Å². The number of carbonyl (C=O) groups excluding carboxylic acids is 1. The molecule has 2 aromatic rings. The summed E-state index contributed by atoms with van der Waals surface area (Å²) in [5.74, 6) is 0. The lowest BCUT2D eigenvalue weighted by Gasteiger charge is -2.36. The maximum atomic E-state index is 14.9. The number of halogens is 5. The first kappa shape index (κ1) is 24.1. The Labute approximate surface area is 188 Å². The van der Waals surface area contributed by atoms with Gasteiger partial charge in [0.25, 0.3) is 0 Å². The number of hydrogen-bond donors (Lipinski definition) is 1. The van der Waals surface area contributed by atoms with Gasteiger partial charge in [-0.05, 0) is 39.3 Å². The van der Waals surface area contributed by atoms with Gasteiger partial charge in [-0.25, -0.2) is 14.2 Å². The van der Waals surface area contributed by atoms with E-state index in [1.165, 1.54) is 17.0 Å². The molecule has 0 radical (unpaired) electrons. The highest BCUT2D eigenvalue weighted by Gasteiger charge is 2.36. The van der Waals surface area contributed by atoms with E-state index in [2.05, 4.69) is 16.9 Å². The third kappa shape index (κ3) is 5.43. The van der Waals surface area contributed by atoms with Crippen molar-refractivity contribution in [1.29, 1.82) is 0 Å². The van der Waals surface area contributed by atoms with Crippen molar-refractivity contribution < 1.29 is 27.1 Å². The van der Waals surface area contributed by atoms with Crippen molar-refractivity contribution in [3.05, 3.63) is 41.7 Å². The van der Waals surface area contributed by atoms with Crippen LogP contribution in [0.1, 0.15) is 32.9 Å². The number of likely N-dealkylation sites (tertiary alicyclic amines) is 1. The molecule has 0 unspecified atom stereocenters. The molecular weight excluding hydrogens is 450 g/mol. The number of ether oxygens (including phenoxy) is 1. The number of anilines is 1. The summed E-state index contributed by atoms with van der Waals surface area (Å²) in [4.78, 5) is 17.3. The van der Waals surface area contributed by atoms with Gasteiger partial charge in [-0.1, -0.05) is 30.3 Å². The molecule has 1 fully saturated rings. The number of hydrogen-bond acceptors (Lipinski definition) is 4. The van der Waals surface area contributed by atoms with Crippen molar-refractivity contribution in [2.75, 3.05) is 18.4 Å². The van der Waals surface area contributed by atoms with Gasteiger partial charge in [0, 0.05) is 23.0 Å². The van der Waals surface area contributed by atoms with Crippen LogP contribution in [0.4, 0.5) is 28.0 Å². The minimum atomic E-state index is -4.67. The first-order valence-corrected chi connectivity index (χ1v) is 10.4. The number of fused-ring (bicyclic) bond motifs is 1. The summed E-state index contributed by atoms with van der Waals surface area (Å²) < 4.78 is 59.9. The number of alkyl halides is 4. The molecule has 0 spiro atoms. The van der Waals surface area contributed by atoms with Crippen molar-refractivity contribution >= 4 is 39.7 Å². The number of nitrogens with zero attached hydrogens (tertiary/aromatic N) is 2. The number of amides is 1. The van der Waals surface area contributed by atoms with Crippen molar-refractivity contribution in [2.24, 2.45) is 0 Å². The largest absolute Gasteiger partial charge is 0.444 e. The predicted octanol–water partition coefficient (Wildman–Crippen LogP) is 6.22. The molecule has 1 aliphatic heterocycles. The molecule has 0 saturated carbocycles. The van der Waals surface area contributed by atoms with Gasteiger partial charge in [0.2, 0.25) is 0 Å². The second-order valence-electron chi connectivity index (χ2n) is 8.65. The molecule has 1 saturated heterocycles. The number of benzene rings is 1. The number of rotatable bonds is 3. The lowest BCUT2D eigenvalue weighted by molar-refractivity contribution is -0.0688. The molecule has 10 heteroatoms. The molecular formula is C22H24ClF4N3O2. The zero-order chi connectivity index (χ0) is 23.8. The van der Waals surface area contributed by atoms with Crippen LogP contribution in [0.5, 0.6) is 0 Å². The molecule has 2 heterocycles. The number of allylic oxidation sites excluding steroid dienone is 1. The van der Waals surface area contributed by atoms with E-state index < -0.39 is 35.7 Å². The first-order valence-electron chi connectivity index (χ1n) is 10.0. The quantitative estimate of drug-likeness (QED) is 0.424. The number of carbonyl (C=O) groups is 1. The number of piperidine rings is 1. The zero-order valence-corrected chi connectivity index (χ0v) is 18.6. The average molecular weight is 474 g/mol. The maximum absolute atomic E-state index is 14.9. The molecule has 1 aliphatic rings. The van der Waals surface area contributed by atoms with Crippen LogP contribution in [-0.2, 0) is 4.74 Å². The van der Waals surface area contributed by atoms with Gasteiger partial charge in [0.05, 0.1) is 23.9 Å². The normalized spacial score (nSPS) is 19.7. The number of pyridine rings is 1. The fourth-order valence-corrected chi connectivity index (χ4v) is 3.69. The first-order chi connectivity index (χ1) is 14.8. The summed E-state index contributed by atoms with van der Waals surface area (Å²) in [6, 6.07) is 5.44. The Kier molecular flexibility index (Phi) is 6.60. The fourth-order valence-electron chi connectivity index (χ4n) is 3.50. The fraction of sp³-hybridized carbons (Fsp3) is 0.455. The SMILES string of the molecule is C=C(c1nc(Cl)cc2c(N[C@@H]3CCN(C(=O)OC(C)(C)C)C[C@@H]3F)cccc12)C(F)(F)F. The van der Waals surface area contributed by atoms with E-state index in [4.69, 9.17) is 16.3 Å². The molecule has 1 amide bonds. The number of aromatic nitrogens is 1. The standard InChI is InChI=1S/C22H24ClF4N3O2/c1-12(22(25,26)27)19-13-6-5-7-16(14(13)10-18(23)29-19)28-17-8-9-30(11-15(17)24)20(31)32-21(2,3)4/h5-7,10,15,17,28H,1,8-9,11H2,2-4H3/t15-,17+/m0/s1. The van der Waals surface area contributed by atoms with E-state index in [1.807, 2.05) is 0 Å². The van der Waals surface area contributed by atoms with Crippen molar-refractivity contribution in [3.8, 4) is 0 Å². The highest BCUT2D eigenvalue weighted by molar-refractivity contribution is 6.30. The highest BCUT2D eigenvalue weighted by Crippen LogP contribution is 2.38. The van der Waals surface area contributed by atoms with Crippen molar-refractivity contribution in [1.82, 2.24) is 9.88 Å². The summed E-state index contributed by atoms with van der Waals surface area (Å²) in [5, 5.41) is 3.49. The molecule has 2 atom stereocenters. The summed E-state index contributed by atoms with van der Waals surface area (Å²) in [6.45, 7) is 8.43. The molecule has 174 valence electrons. The predicted molar refractivity (Wildman–Crippen MR) is 117 cm³/mol. The Morgan fingerprint density at radius 3 is 2.56 bits per heavy atom. The Morgan fingerprint density at radius 1 is 1.28 bits per heavy atom. The lowest BCUT2D eigenvalue weighted by Crippen LogP contribution is -2.51. The molecule has 1 aromatic carbocycles. The van der Waals surface area contributed by atoms with Crippen molar-refractivity contribution in [3.63, 3.8) is 0 Å². The minimum absolute atomic E-state index is 0.135. The molecule has 1 aromatic heterocycles. The van der Waals surface area contributed by atoms with Gasteiger partial charge < -0.3 is 15.0 Å². The van der Waals surface area contributed by atoms with E-state index in [1.54, 1.807) is 32.9 Å². The lowest BCUT2D eigenvalue weighted by atomic mass is 10.00. The summed E-state index contributed by atoms with van der Waals surface area (Å²) >= 11 is 5.99. The minimum Gasteiger partial charge on any atom is -0.444 e. The van der Waals surface area contributed by atoms with Gasteiger partial charge in [-0.15, -0.1) is 0 Å². The third-order valence-electron chi connectivity index (χ3n) is 5.01. The van der Waals surface area contributed by atoms with E-state index in [9.17, 15) is 22.4 Å². The maximum Gasteiger partial charge on any atom is 0.417 e. The van der Waals surface area contributed by atoms with Crippen LogP contribution in [0.25, 0.3) is 16.3 Å². The van der Waals surface area contributed by atoms with Crippen LogP contribution < -0.4 is 5.32 Å². The van der Waals surface area contributed by atoms with Crippen LogP contribution in [0.3, 0.4) is 0 Å². The van der Waals surface area contributed by atoms with E-state index in [-0.39, 0.29) is 35.7 Å². The number of nitrogens with one attached hydrogen (secondary N) is 1. The molecule has 3 rings (SSSR count). The van der Waals surface area contributed by atoms with Gasteiger partial charge in [0.1, 0.15) is 16.9 Å². The van der Waals surface area contributed by atoms with Crippen LogP contribution in [0, 0.1) is 0 Å². The van der Waals surface area contributed by atoms with E-state index >= 15 is 0 Å². The van der Waals surface area contributed by atoms with E-state index in [0.29, 0.717) is 11.1 Å². The Morgan fingerprint density at radius 2 is 1.97 bits per heavy atom. The van der Waals surface area contributed by atoms with Crippen LogP contribution in [0.15, 0.2) is 30.8 Å². The molecule has 0 bridgehead atoms. The molecule has 5 nitrogen and oxygen atoms in total. The van der Waals surface area contributed by atoms with Crippen LogP contribution >= 0.6 is 11.6 Å². The van der Waals surface area contributed by atoms with Gasteiger partial charge in [-0.2, -0.15) is 13.2 Å². The van der Waals surface area contributed by atoms with Gasteiger partial charge in [0.15, 0.2) is 0 Å². The zero-order valence-electron chi connectivity index (χ0n) is 17.9. The second kappa shape index (κ2) is 8.77. The Hall–Kier alpha value is -2.55. The Balaban J connectivity index is 1.84. The highest BCUT2D eigenvalue weighted by atomic mass is 35.5. The average Bonchev–Trinajstić information content (AvgIpc) is 2.66. The summed E-state index contributed by atoms with van der Waals surface area (Å²) in [7, 11) is 0. The van der Waals surface area contributed by atoms with Crippen molar-refractivity contribution in [2.45, 2.75) is 51.2 Å². The molecule has 0 aliphatic carbocycles. The van der Waals surface area contributed by atoms with Gasteiger partial charge >= 0.3 is 12.3 Å². The van der Waals surface area contributed by atoms with E-state index in [0.717, 1.165) is 0 Å². The van der Waals surface area contributed by atoms with Crippen LogP contribution in [0.2, 0.25) is 5.15 Å². The molecule has 1 N–H and O–H groups in total. The summed E-state index contributed by atoms with van der Waals surface area (Å²) in [6.07, 6.45) is -6.38. The second-order valence-corrected chi connectivity index (χ2v) is 9.04. The van der Waals surface area contributed by atoms with Crippen LogP contribution in [-0.4, -0.2) is 53.1 Å². The van der Waals surface area contributed by atoms with Gasteiger partial charge in [-0.3, -0.25) is 0 Å². The summed E-state index contributed by atoms with van der Waals surface area (Å²) in [5.41, 5.74) is -1.76. The molecule has 32 heavy (non-hydrogen) atoms. The third-order valence-corrected chi connectivity index (χ3v) is 5.20.